The van der Waals surface area contributed by atoms with Crippen LogP contribution in [0.1, 0.15) is 18.4 Å². The second-order valence-corrected chi connectivity index (χ2v) is 5.56. The molecule has 0 radical (unpaired) electrons. The van der Waals surface area contributed by atoms with Crippen LogP contribution in [-0.4, -0.2) is 41.5 Å². The van der Waals surface area contributed by atoms with Gasteiger partial charge in [-0.1, -0.05) is 30.3 Å². The third-order valence-electron chi connectivity index (χ3n) is 3.64. The van der Waals surface area contributed by atoms with Crippen molar-refractivity contribution in [2.24, 2.45) is 0 Å². The number of nitrogens with zero attached hydrogens (tertiary/aromatic N) is 2. The fourth-order valence-electron chi connectivity index (χ4n) is 2.36. The van der Waals surface area contributed by atoms with E-state index < -0.39 is 12.5 Å². The van der Waals surface area contributed by atoms with Crippen LogP contribution in [0.15, 0.2) is 54.9 Å². The van der Waals surface area contributed by atoms with Gasteiger partial charge in [0.05, 0.1) is 19.1 Å². The minimum Gasteiger partial charge on any atom is -0.548 e. The molecule has 0 saturated heterocycles. The molecule has 2 rings (SSSR count). The number of pyridine rings is 1. The Morgan fingerprint density at radius 3 is 2.42 bits per heavy atom. The minimum atomic E-state index is -1.26. The summed E-state index contributed by atoms with van der Waals surface area (Å²) in [7, 11) is 0. The normalized spacial score (nSPS) is 9.85. The molecule has 0 aliphatic rings. The first-order chi connectivity index (χ1) is 12.1. The van der Waals surface area contributed by atoms with Gasteiger partial charge >= 0.3 is 51.4 Å². The predicted octanol–water partition coefficient (Wildman–Crippen LogP) is -1.93. The average Bonchev–Trinajstić information content (AvgIpc) is 2.63. The number of benzene rings is 1. The topological polar surface area (TPSA) is 82.6 Å². The molecule has 26 heavy (non-hydrogen) atoms. The van der Waals surface area contributed by atoms with Crippen LogP contribution in [0.5, 0.6) is 5.75 Å². The SMILES string of the molecule is O=C([O-])CN(CCc1ccccc1)C(=O)CCCOc1ccncc1.[K+]. The summed E-state index contributed by atoms with van der Waals surface area (Å²) in [5.74, 6) is -0.772. The number of amides is 1. The fourth-order valence-corrected chi connectivity index (χ4v) is 2.36. The van der Waals surface area contributed by atoms with Crippen molar-refractivity contribution in [3.63, 3.8) is 0 Å². The van der Waals surface area contributed by atoms with Crippen LogP contribution >= 0.6 is 0 Å². The molecule has 0 unspecified atom stereocenters. The third kappa shape index (κ3) is 8.91. The Balaban J connectivity index is 0.00000338. The van der Waals surface area contributed by atoms with Crippen molar-refractivity contribution < 1.29 is 70.8 Å². The maximum atomic E-state index is 12.3. The standard InChI is InChI=1S/C19H22N2O4.K/c22-18(7-4-14-25-17-8-11-20-12-9-17)21(15-19(23)24)13-10-16-5-2-1-3-6-16;/h1-3,5-6,8-9,11-12H,4,7,10,13-15H2,(H,23,24);/q;+1/p-1. The molecule has 0 bridgehead atoms. The first kappa shape index (κ1) is 22.8. The third-order valence-corrected chi connectivity index (χ3v) is 3.64. The summed E-state index contributed by atoms with van der Waals surface area (Å²) >= 11 is 0. The summed E-state index contributed by atoms with van der Waals surface area (Å²) in [4.78, 5) is 28.4. The van der Waals surface area contributed by atoms with Gasteiger partial charge in [0.2, 0.25) is 5.91 Å². The van der Waals surface area contributed by atoms with Gasteiger partial charge in [0.1, 0.15) is 5.75 Å². The van der Waals surface area contributed by atoms with Crippen LogP contribution in [0, 0.1) is 0 Å². The van der Waals surface area contributed by atoms with Crippen molar-refractivity contribution in [1.82, 2.24) is 9.88 Å². The largest absolute Gasteiger partial charge is 1.00 e. The van der Waals surface area contributed by atoms with Crippen molar-refractivity contribution >= 4 is 11.9 Å². The molecule has 0 fully saturated rings. The Morgan fingerprint density at radius 2 is 1.77 bits per heavy atom. The van der Waals surface area contributed by atoms with E-state index in [1.807, 2.05) is 30.3 Å². The van der Waals surface area contributed by atoms with Crippen LogP contribution in [0.2, 0.25) is 0 Å². The summed E-state index contributed by atoms with van der Waals surface area (Å²) in [5, 5.41) is 10.9. The molecule has 0 aliphatic heterocycles. The van der Waals surface area contributed by atoms with Crippen LogP contribution in [-0.2, 0) is 16.0 Å². The minimum absolute atomic E-state index is 0. The zero-order valence-electron chi connectivity index (χ0n) is 15.0. The summed E-state index contributed by atoms with van der Waals surface area (Å²) in [5.41, 5.74) is 1.06. The molecule has 0 spiro atoms. The van der Waals surface area contributed by atoms with Gasteiger partial charge in [0.25, 0.3) is 0 Å². The van der Waals surface area contributed by atoms with Crippen molar-refractivity contribution in [2.45, 2.75) is 19.3 Å². The summed E-state index contributed by atoms with van der Waals surface area (Å²) < 4.78 is 5.51. The number of hydrogen-bond donors (Lipinski definition) is 0. The predicted molar refractivity (Wildman–Crippen MR) is 90.7 cm³/mol. The molecule has 2 aromatic rings. The van der Waals surface area contributed by atoms with Crippen LogP contribution in [0.25, 0.3) is 0 Å². The van der Waals surface area contributed by atoms with Crippen LogP contribution in [0.3, 0.4) is 0 Å². The Bertz CT molecular complexity index is 668. The molecule has 6 nitrogen and oxygen atoms in total. The first-order valence-corrected chi connectivity index (χ1v) is 8.19. The number of carboxylic acids is 1. The number of aromatic nitrogens is 1. The van der Waals surface area contributed by atoms with E-state index in [0.717, 1.165) is 5.56 Å². The number of aliphatic carboxylic acids is 1. The van der Waals surface area contributed by atoms with Gasteiger partial charge in [-0.05, 0) is 30.5 Å². The van der Waals surface area contributed by atoms with Gasteiger partial charge in [0, 0.05) is 25.4 Å². The molecule has 0 N–H and O–H groups in total. The van der Waals surface area contributed by atoms with Crippen molar-refractivity contribution in [3.8, 4) is 5.75 Å². The second kappa shape index (κ2) is 13.0. The Kier molecular flexibility index (Phi) is 11.4. The molecular formula is C19H21KN2O4. The zero-order chi connectivity index (χ0) is 17.9. The fraction of sp³-hybridized carbons (Fsp3) is 0.316. The van der Waals surface area contributed by atoms with Crippen molar-refractivity contribution in [3.05, 3.63) is 60.4 Å². The van der Waals surface area contributed by atoms with Gasteiger partial charge < -0.3 is 19.5 Å². The quantitative estimate of drug-likeness (QED) is 0.354. The molecule has 1 aromatic carbocycles. The number of carbonyl (C=O) groups is 2. The van der Waals surface area contributed by atoms with E-state index in [9.17, 15) is 14.7 Å². The molecule has 7 heteroatoms. The van der Waals surface area contributed by atoms with Gasteiger partial charge in [-0.2, -0.15) is 0 Å². The molecule has 1 aromatic heterocycles. The van der Waals surface area contributed by atoms with E-state index in [1.54, 1.807) is 24.5 Å². The van der Waals surface area contributed by atoms with Gasteiger partial charge in [-0.3, -0.25) is 9.78 Å². The van der Waals surface area contributed by atoms with Gasteiger partial charge in [-0.15, -0.1) is 0 Å². The second-order valence-electron chi connectivity index (χ2n) is 5.56. The monoisotopic (exact) mass is 380 g/mol. The van der Waals surface area contributed by atoms with E-state index in [4.69, 9.17) is 4.74 Å². The molecule has 1 heterocycles. The summed E-state index contributed by atoms with van der Waals surface area (Å²) in [6.07, 6.45) is 4.61. The van der Waals surface area contributed by atoms with E-state index in [2.05, 4.69) is 4.98 Å². The number of carboxylic acid groups (broad SMARTS) is 1. The van der Waals surface area contributed by atoms with Gasteiger partial charge in [-0.25, -0.2) is 0 Å². The Hall–Kier alpha value is -1.25. The molecule has 0 saturated carbocycles. The summed E-state index contributed by atoms with van der Waals surface area (Å²) in [6, 6.07) is 13.1. The van der Waals surface area contributed by atoms with Gasteiger partial charge in [0.15, 0.2) is 0 Å². The molecule has 1 amide bonds. The smallest absolute Gasteiger partial charge is 0.548 e. The van der Waals surface area contributed by atoms with E-state index in [1.165, 1.54) is 4.90 Å². The van der Waals surface area contributed by atoms with E-state index >= 15 is 0 Å². The zero-order valence-corrected chi connectivity index (χ0v) is 18.1. The van der Waals surface area contributed by atoms with E-state index in [0.29, 0.717) is 31.7 Å². The number of carbonyl (C=O) groups excluding carboxylic acids is 2. The maximum Gasteiger partial charge on any atom is 1.00 e. The van der Waals surface area contributed by atoms with Crippen molar-refractivity contribution in [2.75, 3.05) is 19.7 Å². The maximum absolute atomic E-state index is 12.3. The van der Waals surface area contributed by atoms with E-state index in [-0.39, 0.29) is 63.7 Å². The Labute approximate surface area is 196 Å². The number of hydrogen-bond acceptors (Lipinski definition) is 5. The average molecular weight is 380 g/mol. The number of rotatable bonds is 10. The van der Waals surface area contributed by atoms with Crippen molar-refractivity contribution in [1.29, 1.82) is 0 Å². The summed E-state index contributed by atoms with van der Waals surface area (Å²) in [6.45, 7) is 0.340. The molecule has 0 aliphatic carbocycles. The molecule has 0 atom stereocenters. The van der Waals surface area contributed by atoms with Crippen LogP contribution in [0.4, 0.5) is 0 Å². The molecule has 132 valence electrons. The Morgan fingerprint density at radius 1 is 1.08 bits per heavy atom. The molecular weight excluding hydrogens is 359 g/mol. The van der Waals surface area contributed by atoms with Crippen LogP contribution < -0.4 is 61.2 Å². The first-order valence-electron chi connectivity index (χ1n) is 8.19. The number of ether oxygens (including phenoxy) is 1.